The van der Waals surface area contributed by atoms with Gasteiger partial charge in [0.05, 0.1) is 31.7 Å². The molecule has 1 atom stereocenters. The molecule has 1 heterocycles. The van der Waals surface area contributed by atoms with Gasteiger partial charge in [0, 0.05) is 6.54 Å². The summed E-state index contributed by atoms with van der Waals surface area (Å²) in [6, 6.07) is 0. The minimum atomic E-state index is -0.694. The van der Waals surface area contributed by atoms with Crippen LogP contribution in [0, 0.1) is 5.21 Å². The van der Waals surface area contributed by atoms with Gasteiger partial charge in [0.2, 0.25) is 0 Å². The van der Waals surface area contributed by atoms with Crippen LogP contribution >= 0.6 is 59.4 Å². The van der Waals surface area contributed by atoms with Crippen molar-refractivity contribution in [3.63, 3.8) is 0 Å². The molecule has 0 fully saturated rings. The van der Waals surface area contributed by atoms with Crippen molar-refractivity contribution < 1.29 is 10.2 Å². The second kappa shape index (κ2) is 6.37. The lowest BCUT2D eigenvalue weighted by molar-refractivity contribution is 0.239. The Labute approximate surface area is 146 Å². The summed E-state index contributed by atoms with van der Waals surface area (Å²) >= 11 is 16.4. The van der Waals surface area contributed by atoms with Crippen molar-refractivity contribution >= 4 is 70.8 Å². The van der Waals surface area contributed by atoms with E-state index < -0.39 is 4.65 Å². The number of aliphatic hydroxyl groups is 2. The van der Waals surface area contributed by atoms with Crippen molar-refractivity contribution in [3.05, 3.63) is 23.6 Å². The minimum Gasteiger partial charge on any atom is -0.626 e. The molecule has 2 N–H and O–H groups in total. The molecule has 1 aliphatic heterocycles. The first kappa shape index (κ1) is 17.0. The largest absolute Gasteiger partial charge is 0.626 e. The fraction of sp³-hybridized carbons (Fsp3) is 0.455. The highest BCUT2D eigenvalue weighted by atomic mass is 79.9. The lowest BCUT2D eigenvalue weighted by Crippen LogP contribution is -2.48. The zero-order chi connectivity index (χ0) is 15.1. The lowest BCUT2D eigenvalue weighted by Gasteiger charge is -2.38. The molecule has 1 unspecified atom stereocenters. The van der Waals surface area contributed by atoms with Gasteiger partial charge in [-0.2, -0.15) is 0 Å². The molecule has 5 nitrogen and oxygen atoms in total. The van der Waals surface area contributed by atoms with Gasteiger partial charge in [-0.05, 0) is 47.8 Å². The van der Waals surface area contributed by atoms with Gasteiger partial charge in [0.25, 0.3) is 0 Å². The summed E-state index contributed by atoms with van der Waals surface area (Å²) in [5.74, 6) is 0. The van der Waals surface area contributed by atoms with Crippen molar-refractivity contribution in [1.82, 2.24) is 4.65 Å². The number of hydroxylamine groups is 2. The molecule has 1 aromatic carbocycles. The Morgan fingerprint density at radius 2 is 1.80 bits per heavy atom. The number of β-amino-alcohol motifs (C(OH)–C–C–N with tert-alkyl or cyclic N) is 1. The number of fused-ring (bicyclic) bond motifs is 1. The van der Waals surface area contributed by atoms with Crippen LogP contribution in [-0.2, 0) is 0 Å². The average molecular weight is 495 g/mol. The zero-order valence-corrected chi connectivity index (χ0v) is 15.8. The van der Waals surface area contributed by atoms with Gasteiger partial charge in [0.1, 0.15) is 12.2 Å². The first-order valence-corrected chi connectivity index (χ1v) is 8.54. The Morgan fingerprint density at radius 3 is 2.35 bits per heavy atom. The van der Waals surface area contributed by atoms with E-state index in [9.17, 15) is 5.21 Å². The summed E-state index contributed by atoms with van der Waals surface area (Å²) < 4.78 is 1.07. The van der Waals surface area contributed by atoms with E-state index in [0.717, 1.165) is 0 Å². The van der Waals surface area contributed by atoms with E-state index in [1.165, 1.54) is 0 Å². The topological polar surface area (TPSA) is 66.8 Å². The Hall–Kier alpha value is 0.590. The van der Waals surface area contributed by atoms with E-state index in [1.807, 2.05) is 0 Å². The number of anilines is 1. The van der Waals surface area contributed by atoms with Crippen molar-refractivity contribution in [2.24, 2.45) is 0 Å². The quantitative estimate of drug-likeness (QED) is 0.292. The van der Waals surface area contributed by atoms with Crippen LogP contribution in [-0.4, -0.2) is 43.2 Å². The third-order valence-corrected chi connectivity index (χ3v) is 6.88. The van der Waals surface area contributed by atoms with Gasteiger partial charge in [-0.1, -0.05) is 11.6 Å². The molecule has 0 spiro atoms. The molecule has 20 heavy (non-hydrogen) atoms. The first-order valence-electron chi connectivity index (χ1n) is 5.78. The molecular formula is C11H12Br3ClN2O3. The second-order valence-electron chi connectivity index (χ2n) is 4.42. The van der Waals surface area contributed by atoms with Crippen molar-refractivity contribution in [2.45, 2.75) is 0 Å². The third-order valence-electron chi connectivity index (χ3n) is 3.17. The monoisotopic (exact) mass is 492 g/mol. The van der Waals surface area contributed by atoms with E-state index in [2.05, 4.69) is 47.8 Å². The molecule has 0 saturated carbocycles. The highest BCUT2D eigenvalue weighted by Crippen LogP contribution is 2.55. The van der Waals surface area contributed by atoms with Crippen LogP contribution < -0.4 is 9.55 Å². The van der Waals surface area contributed by atoms with Crippen molar-refractivity contribution in [1.29, 1.82) is 0 Å². The second-order valence-corrected chi connectivity index (χ2v) is 7.18. The summed E-state index contributed by atoms with van der Waals surface area (Å²) in [6.07, 6.45) is 0. The SMILES string of the molecule is [O-][N+]1(CCO)CN(CCO)c2c(Br)c(Cl)c(Br)c(Br)c21. The normalized spacial score (nSPS) is 21.4. The maximum Gasteiger partial charge on any atom is 0.174 e. The van der Waals surface area contributed by atoms with Gasteiger partial charge in [0.15, 0.2) is 12.4 Å². The molecule has 9 heteroatoms. The van der Waals surface area contributed by atoms with E-state index in [0.29, 0.717) is 36.4 Å². The van der Waals surface area contributed by atoms with Gasteiger partial charge in [-0.15, -0.1) is 0 Å². The Bertz CT molecular complexity index is 546. The zero-order valence-electron chi connectivity index (χ0n) is 10.2. The van der Waals surface area contributed by atoms with Gasteiger partial charge < -0.3 is 25.0 Å². The maximum absolute atomic E-state index is 13.0. The Kier molecular flexibility index (Phi) is 5.40. The van der Waals surface area contributed by atoms with Gasteiger partial charge >= 0.3 is 0 Å². The molecule has 0 saturated heterocycles. The van der Waals surface area contributed by atoms with Crippen LogP contribution in [0.5, 0.6) is 0 Å². The molecule has 2 rings (SSSR count). The number of hydrogen-bond acceptors (Lipinski definition) is 4. The molecular weight excluding hydrogens is 483 g/mol. The fourth-order valence-corrected chi connectivity index (χ4v) is 4.63. The summed E-state index contributed by atoms with van der Waals surface area (Å²) in [6.45, 7) is 0.189. The summed E-state index contributed by atoms with van der Waals surface area (Å²) in [4.78, 5) is 1.77. The highest BCUT2D eigenvalue weighted by molar-refractivity contribution is 9.13. The van der Waals surface area contributed by atoms with Crippen molar-refractivity contribution in [2.75, 3.05) is 37.9 Å². The summed E-state index contributed by atoms with van der Waals surface area (Å²) in [5.41, 5.74) is 1.15. The van der Waals surface area contributed by atoms with Crippen molar-refractivity contribution in [3.8, 4) is 0 Å². The van der Waals surface area contributed by atoms with Crippen LogP contribution in [0.3, 0.4) is 0 Å². The molecule has 112 valence electrons. The van der Waals surface area contributed by atoms with E-state index in [1.54, 1.807) is 4.90 Å². The lowest BCUT2D eigenvalue weighted by atomic mass is 10.2. The van der Waals surface area contributed by atoms with Crippen LogP contribution in [0.1, 0.15) is 0 Å². The first-order chi connectivity index (χ1) is 9.37. The molecule has 0 radical (unpaired) electrons. The fourth-order valence-electron chi connectivity index (χ4n) is 2.33. The van der Waals surface area contributed by atoms with Gasteiger partial charge in [-0.3, -0.25) is 0 Å². The third kappa shape index (κ3) is 2.65. The number of aliphatic hydroxyl groups excluding tert-OH is 2. The number of benzene rings is 1. The summed E-state index contributed by atoms with van der Waals surface area (Å²) in [5, 5.41) is 31.8. The number of quaternary nitrogens is 1. The molecule has 1 aliphatic rings. The molecule has 0 amide bonds. The van der Waals surface area contributed by atoms with E-state index in [-0.39, 0.29) is 26.4 Å². The average Bonchev–Trinajstić information content (AvgIpc) is 2.67. The number of hydrogen-bond donors (Lipinski definition) is 2. The maximum atomic E-state index is 13.0. The molecule has 0 bridgehead atoms. The molecule has 0 aromatic heterocycles. The van der Waals surface area contributed by atoms with Crippen LogP contribution in [0.2, 0.25) is 5.02 Å². The predicted molar refractivity (Wildman–Crippen MR) is 91.0 cm³/mol. The number of nitrogens with zero attached hydrogens (tertiary/aromatic N) is 2. The molecule has 0 aliphatic carbocycles. The van der Waals surface area contributed by atoms with Crippen LogP contribution in [0.4, 0.5) is 11.4 Å². The van der Waals surface area contributed by atoms with Crippen LogP contribution in [0.15, 0.2) is 13.4 Å². The standard InChI is InChI=1S/C11H12Br3ClN2O3/c12-6-7(13)11-10(8(14)9(6)15)16(1-3-18)5-17(11,20)2-4-19/h18-19H,1-5H2. The minimum absolute atomic E-state index is 0.0358. The number of rotatable bonds is 4. The Balaban J connectivity index is 2.69. The molecule has 1 aromatic rings. The van der Waals surface area contributed by atoms with Crippen LogP contribution in [0.25, 0.3) is 0 Å². The Morgan fingerprint density at radius 1 is 1.15 bits per heavy atom. The smallest absolute Gasteiger partial charge is 0.174 e. The van der Waals surface area contributed by atoms with E-state index >= 15 is 0 Å². The van der Waals surface area contributed by atoms with E-state index in [4.69, 9.17) is 21.8 Å². The predicted octanol–water partition coefficient (Wildman–Crippen LogP) is 3.19. The summed E-state index contributed by atoms with van der Waals surface area (Å²) in [7, 11) is 0. The highest BCUT2D eigenvalue weighted by Gasteiger charge is 2.41. The van der Waals surface area contributed by atoms with Gasteiger partial charge in [-0.25, -0.2) is 0 Å². The number of halogens is 4.